The summed E-state index contributed by atoms with van der Waals surface area (Å²) in [5.74, 6) is 0.260. The van der Waals surface area contributed by atoms with Crippen LogP contribution in [-0.2, 0) is 16.0 Å². The smallest absolute Gasteiger partial charge is 0.252 e. The van der Waals surface area contributed by atoms with Crippen molar-refractivity contribution < 1.29 is 14.3 Å². The average Bonchev–Trinajstić information content (AvgIpc) is 3.14. The number of carbonyl (C=O) groups is 2. The molecule has 0 saturated carbocycles. The molecule has 1 aliphatic heterocycles. The van der Waals surface area contributed by atoms with Crippen molar-refractivity contribution in [3.8, 4) is 0 Å². The van der Waals surface area contributed by atoms with Crippen LogP contribution in [0.5, 0.6) is 0 Å². The number of carbonyl (C=O) groups excluding carboxylic acids is 2. The van der Waals surface area contributed by atoms with Gasteiger partial charge in [-0.3, -0.25) is 9.59 Å². The highest BCUT2D eigenvalue weighted by molar-refractivity contribution is 8.00. The molecule has 1 aliphatic rings. The van der Waals surface area contributed by atoms with Crippen molar-refractivity contribution >= 4 is 29.3 Å². The van der Waals surface area contributed by atoms with Crippen LogP contribution < -0.4 is 10.2 Å². The van der Waals surface area contributed by atoms with E-state index >= 15 is 0 Å². The first-order chi connectivity index (χ1) is 13.2. The van der Waals surface area contributed by atoms with E-state index in [1.807, 2.05) is 41.3 Å². The summed E-state index contributed by atoms with van der Waals surface area (Å²) in [7, 11) is 1.64. The number of ether oxygens (including phenoxy) is 1. The van der Waals surface area contributed by atoms with Gasteiger partial charge in [0.25, 0.3) is 5.91 Å². The van der Waals surface area contributed by atoms with Gasteiger partial charge < -0.3 is 15.0 Å². The third kappa shape index (κ3) is 4.90. The molecule has 0 atom stereocenters. The lowest BCUT2D eigenvalue weighted by atomic mass is 10.2. The Labute approximate surface area is 164 Å². The van der Waals surface area contributed by atoms with Gasteiger partial charge in [-0.1, -0.05) is 30.3 Å². The SMILES string of the molecule is COCCCNC(=O)c1ccccc1SCC(=O)N1CCc2ccccc21. The highest BCUT2D eigenvalue weighted by atomic mass is 32.2. The van der Waals surface area contributed by atoms with Crippen molar-refractivity contribution in [2.24, 2.45) is 0 Å². The minimum Gasteiger partial charge on any atom is -0.385 e. The van der Waals surface area contributed by atoms with Crippen molar-refractivity contribution in [2.75, 3.05) is 37.5 Å². The second kappa shape index (κ2) is 9.58. The topological polar surface area (TPSA) is 58.6 Å². The lowest BCUT2D eigenvalue weighted by Crippen LogP contribution is -2.30. The molecule has 5 nitrogen and oxygen atoms in total. The number of para-hydroxylation sites is 1. The van der Waals surface area contributed by atoms with Crippen molar-refractivity contribution in [1.29, 1.82) is 0 Å². The Hall–Kier alpha value is -2.31. The Balaban J connectivity index is 1.60. The highest BCUT2D eigenvalue weighted by Gasteiger charge is 2.24. The molecular weight excluding hydrogens is 360 g/mol. The summed E-state index contributed by atoms with van der Waals surface area (Å²) in [4.78, 5) is 27.8. The summed E-state index contributed by atoms with van der Waals surface area (Å²) in [6.07, 6.45) is 1.66. The lowest BCUT2D eigenvalue weighted by molar-refractivity contribution is -0.116. The molecule has 0 radical (unpaired) electrons. The third-order valence-electron chi connectivity index (χ3n) is 4.48. The molecule has 2 aromatic carbocycles. The maximum Gasteiger partial charge on any atom is 0.252 e. The fourth-order valence-electron chi connectivity index (χ4n) is 3.11. The van der Waals surface area contributed by atoms with Gasteiger partial charge in [-0.15, -0.1) is 11.8 Å². The number of methoxy groups -OCH3 is 1. The zero-order chi connectivity index (χ0) is 19.1. The Bertz CT molecular complexity index is 810. The number of hydrogen-bond donors (Lipinski definition) is 1. The Morgan fingerprint density at radius 3 is 2.78 bits per heavy atom. The van der Waals surface area contributed by atoms with E-state index in [2.05, 4.69) is 11.4 Å². The number of anilines is 1. The second-order valence-corrected chi connectivity index (χ2v) is 7.33. The van der Waals surface area contributed by atoms with Gasteiger partial charge in [0.05, 0.1) is 11.3 Å². The standard InChI is InChI=1S/C21H24N2O3S/c1-26-14-6-12-22-21(25)17-8-3-5-10-19(17)27-15-20(24)23-13-11-16-7-2-4-9-18(16)23/h2-5,7-10H,6,11-15H2,1H3,(H,22,25). The van der Waals surface area contributed by atoms with E-state index in [1.54, 1.807) is 13.2 Å². The molecular formula is C21H24N2O3S. The van der Waals surface area contributed by atoms with Crippen LogP contribution >= 0.6 is 11.8 Å². The first kappa shape index (κ1) is 19.5. The van der Waals surface area contributed by atoms with Gasteiger partial charge >= 0.3 is 0 Å². The van der Waals surface area contributed by atoms with Crippen LogP contribution in [0.2, 0.25) is 0 Å². The first-order valence-electron chi connectivity index (χ1n) is 9.08. The normalized spacial score (nSPS) is 12.7. The molecule has 1 N–H and O–H groups in total. The van der Waals surface area contributed by atoms with E-state index in [0.717, 1.165) is 30.0 Å². The second-order valence-electron chi connectivity index (χ2n) is 6.31. The molecule has 0 fully saturated rings. The number of benzene rings is 2. The molecule has 2 aromatic rings. The van der Waals surface area contributed by atoms with E-state index in [4.69, 9.17) is 4.74 Å². The summed E-state index contributed by atoms with van der Waals surface area (Å²) in [5, 5.41) is 2.90. The summed E-state index contributed by atoms with van der Waals surface area (Å²) in [6.45, 7) is 1.90. The number of nitrogens with zero attached hydrogens (tertiary/aromatic N) is 1. The maximum absolute atomic E-state index is 12.7. The van der Waals surface area contributed by atoms with E-state index in [0.29, 0.717) is 24.5 Å². The van der Waals surface area contributed by atoms with Crippen LogP contribution in [0.1, 0.15) is 22.3 Å². The van der Waals surface area contributed by atoms with Gasteiger partial charge in [0.15, 0.2) is 0 Å². The number of hydrogen-bond acceptors (Lipinski definition) is 4. The van der Waals surface area contributed by atoms with Crippen LogP contribution in [0.15, 0.2) is 53.4 Å². The molecule has 0 unspecified atom stereocenters. The molecule has 0 saturated heterocycles. The minimum atomic E-state index is -0.117. The number of thioether (sulfide) groups is 1. The van der Waals surface area contributed by atoms with E-state index in [-0.39, 0.29) is 11.8 Å². The molecule has 27 heavy (non-hydrogen) atoms. The Kier molecular flexibility index (Phi) is 6.90. The van der Waals surface area contributed by atoms with Crippen LogP contribution in [0.3, 0.4) is 0 Å². The molecule has 3 rings (SSSR count). The molecule has 1 heterocycles. The fraction of sp³-hybridized carbons (Fsp3) is 0.333. The summed E-state index contributed by atoms with van der Waals surface area (Å²) >= 11 is 1.41. The molecule has 0 bridgehead atoms. The van der Waals surface area contributed by atoms with Gasteiger partial charge in [-0.2, -0.15) is 0 Å². The Morgan fingerprint density at radius 1 is 1.15 bits per heavy atom. The molecule has 0 aliphatic carbocycles. The third-order valence-corrected chi connectivity index (χ3v) is 5.54. The van der Waals surface area contributed by atoms with Gasteiger partial charge in [-0.05, 0) is 36.6 Å². The highest BCUT2D eigenvalue weighted by Crippen LogP contribution is 2.29. The van der Waals surface area contributed by atoms with Crippen molar-refractivity contribution in [3.05, 3.63) is 59.7 Å². The average molecular weight is 385 g/mol. The number of rotatable bonds is 8. The predicted octanol–water partition coefficient (Wildman–Crippen LogP) is 3.13. The van der Waals surface area contributed by atoms with E-state index in [9.17, 15) is 9.59 Å². The molecule has 6 heteroatoms. The largest absolute Gasteiger partial charge is 0.385 e. The quantitative estimate of drug-likeness (QED) is 0.561. The first-order valence-corrected chi connectivity index (χ1v) is 10.1. The van der Waals surface area contributed by atoms with Gasteiger partial charge in [0.1, 0.15) is 0 Å². The Morgan fingerprint density at radius 2 is 1.93 bits per heavy atom. The zero-order valence-corrected chi connectivity index (χ0v) is 16.3. The molecule has 142 valence electrons. The fourth-order valence-corrected chi connectivity index (χ4v) is 4.03. The van der Waals surface area contributed by atoms with E-state index < -0.39 is 0 Å². The summed E-state index contributed by atoms with van der Waals surface area (Å²) < 4.78 is 4.99. The van der Waals surface area contributed by atoms with Crippen LogP contribution in [-0.4, -0.2) is 44.4 Å². The summed E-state index contributed by atoms with van der Waals surface area (Å²) in [6, 6.07) is 15.4. The monoisotopic (exact) mass is 384 g/mol. The van der Waals surface area contributed by atoms with Crippen LogP contribution in [0.25, 0.3) is 0 Å². The van der Waals surface area contributed by atoms with Crippen LogP contribution in [0, 0.1) is 0 Å². The predicted molar refractivity (Wildman–Crippen MR) is 108 cm³/mol. The number of nitrogens with one attached hydrogen (secondary N) is 1. The molecule has 0 spiro atoms. The van der Waals surface area contributed by atoms with Crippen molar-refractivity contribution in [1.82, 2.24) is 5.32 Å². The van der Waals surface area contributed by atoms with Crippen molar-refractivity contribution in [2.45, 2.75) is 17.7 Å². The van der Waals surface area contributed by atoms with E-state index in [1.165, 1.54) is 17.3 Å². The van der Waals surface area contributed by atoms with Gasteiger partial charge in [0, 0.05) is 37.4 Å². The number of amides is 2. The summed E-state index contributed by atoms with van der Waals surface area (Å²) in [5.41, 5.74) is 2.83. The zero-order valence-electron chi connectivity index (χ0n) is 15.4. The van der Waals surface area contributed by atoms with Gasteiger partial charge in [-0.25, -0.2) is 0 Å². The van der Waals surface area contributed by atoms with Gasteiger partial charge in [0.2, 0.25) is 5.91 Å². The minimum absolute atomic E-state index is 0.0697. The van der Waals surface area contributed by atoms with Crippen LogP contribution in [0.4, 0.5) is 5.69 Å². The molecule has 0 aromatic heterocycles. The van der Waals surface area contributed by atoms with Crippen molar-refractivity contribution in [3.63, 3.8) is 0 Å². The lowest BCUT2D eigenvalue weighted by Gasteiger charge is -2.17. The number of fused-ring (bicyclic) bond motifs is 1. The molecule has 2 amide bonds. The maximum atomic E-state index is 12.7.